The van der Waals surface area contributed by atoms with E-state index in [4.69, 9.17) is 4.74 Å². The first-order chi connectivity index (χ1) is 14.3. The molecule has 30 heavy (non-hydrogen) atoms. The van der Waals surface area contributed by atoms with Crippen LogP contribution in [0.3, 0.4) is 0 Å². The Morgan fingerprint density at radius 2 is 1.70 bits per heavy atom. The van der Waals surface area contributed by atoms with E-state index >= 15 is 0 Å². The molecule has 0 spiro atoms. The largest absolute Gasteiger partial charge is 0.455 e. The molecular weight excluding hydrogens is 378 g/mol. The maximum absolute atomic E-state index is 12.3. The summed E-state index contributed by atoms with van der Waals surface area (Å²) in [7, 11) is 0. The number of amides is 1. The summed E-state index contributed by atoms with van der Waals surface area (Å²) >= 11 is 0. The summed E-state index contributed by atoms with van der Waals surface area (Å²) in [5.41, 5.74) is 5.26. The zero-order valence-electron chi connectivity index (χ0n) is 17.8. The number of carbonyl (C=O) groups is 2. The average molecular weight is 405 g/mol. The van der Waals surface area contributed by atoms with Crippen LogP contribution in [0.5, 0.6) is 0 Å². The molecule has 0 aliphatic heterocycles. The SMILES string of the molecule is Cc1nn(-c2ccccc2)c(C)c1CC(=O)OCC(=O)Nc1ccc(C(C)C)cc1. The second kappa shape index (κ2) is 9.39. The number of ether oxygens (including phenoxy) is 1. The van der Waals surface area contributed by atoms with Crippen LogP contribution >= 0.6 is 0 Å². The fourth-order valence-corrected chi connectivity index (χ4v) is 3.24. The normalized spacial score (nSPS) is 10.8. The van der Waals surface area contributed by atoms with Crippen LogP contribution in [0.15, 0.2) is 54.6 Å². The Morgan fingerprint density at radius 3 is 2.33 bits per heavy atom. The molecule has 0 fully saturated rings. The minimum Gasteiger partial charge on any atom is -0.455 e. The van der Waals surface area contributed by atoms with Gasteiger partial charge in [-0.3, -0.25) is 9.59 Å². The molecule has 2 aromatic carbocycles. The Kier molecular flexibility index (Phi) is 6.67. The predicted octanol–water partition coefficient (Wildman–Crippen LogP) is 4.34. The highest BCUT2D eigenvalue weighted by Gasteiger charge is 2.17. The number of aromatic nitrogens is 2. The third-order valence-electron chi connectivity index (χ3n) is 4.99. The molecule has 0 aliphatic carbocycles. The topological polar surface area (TPSA) is 73.2 Å². The van der Waals surface area contributed by atoms with Crippen LogP contribution in [0.1, 0.15) is 42.3 Å². The van der Waals surface area contributed by atoms with Gasteiger partial charge in [0.25, 0.3) is 5.91 Å². The number of carbonyl (C=O) groups excluding carboxylic acids is 2. The van der Waals surface area contributed by atoms with Gasteiger partial charge in [0.15, 0.2) is 6.61 Å². The number of anilines is 1. The Hall–Kier alpha value is -3.41. The number of nitrogens with zero attached hydrogens (tertiary/aromatic N) is 2. The number of aryl methyl sites for hydroxylation is 1. The molecule has 1 heterocycles. The van der Waals surface area contributed by atoms with E-state index in [-0.39, 0.29) is 18.9 Å². The zero-order valence-corrected chi connectivity index (χ0v) is 17.8. The molecule has 0 unspecified atom stereocenters. The molecule has 1 amide bonds. The van der Waals surface area contributed by atoms with Crippen molar-refractivity contribution in [2.45, 2.75) is 40.0 Å². The van der Waals surface area contributed by atoms with Gasteiger partial charge in [-0.1, -0.05) is 44.2 Å². The third kappa shape index (κ3) is 5.14. The lowest BCUT2D eigenvalue weighted by atomic mass is 10.0. The summed E-state index contributed by atoms with van der Waals surface area (Å²) in [6, 6.07) is 17.4. The fraction of sp³-hybridized carbons (Fsp3) is 0.292. The molecule has 6 heteroatoms. The third-order valence-corrected chi connectivity index (χ3v) is 4.99. The lowest BCUT2D eigenvalue weighted by Gasteiger charge is -2.09. The smallest absolute Gasteiger partial charge is 0.310 e. The van der Waals surface area contributed by atoms with Crippen LogP contribution in [-0.2, 0) is 20.7 Å². The maximum Gasteiger partial charge on any atom is 0.310 e. The van der Waals surface area contributed by atoms with Gasteiger partial charge >= 0.3 is 5.97 Å². The van der Waals surface area contributed by atoms with Crippen LogP contribution < -0.4 is 5.32 Å². The summed E-state index contributed by atoms with van der Waals surface area (Å²) < 4.78 is 6.99. The lowest BCUT2D eigenvalue weighted by Crippen LogP contribution is -2.21. The lowest BCUT2D eigenvalue weighted by molar-refractivity contribution is -0.146. The standard InChI is InChI=1S/C24H27N3O3/c1-16(2)19-10-12-20(13-11-19)25-23(28)15-30-24(29)14-22-17(3)26-27(18(22)4)21-8-6-5-7-9-21/h5-13,16H,14-15H2,1-4H3,(H,25,28). The highest BCUT2D eigenvalue weighted by Crippen LogP contribution is 2.19. The Labute approximate surface area is 176 Å². The van der Waals surface area contributed by atoms with Gasteiger partial charge in [0.05, 0.1) is 17.8 Å². The van der Waals surface area contributed by atoms with Gasteiger partial charge in [-0.05, 0) is 49.6 Å². The molecule has 156 valence electrons. The molecule has 1 aromatic heterocycles. The number of esters is 1. The second-order valence-electron chi connectivity index (χ2n) is 7.56. The van der Waals surface area contributed by atoms with E-state index in [0.29, 0.717) is 11.6 Å². The van der Waals surface area contributed by atoms with Crippen LogP contribution in [-0.4, -0.2) is 28.3 Å². The molecule has 0 aliphatic rings. The van der Waals surface area contributed by atoms with Crippen LogP contribution in [0, 0.1) is 13.8 Å². The van der Waals surface area contributed by atoms with Gasteiger partial charge < -0.3 is 10.1 Å². The van der Waals surface area contributed by atoms with Crippen molar-refractivity contribution in [1.82, 2.24) is 9.78 Å². The molecule has 3 aromatic rings. The molecule has 0 saturated heterocycles. The quantitative estimate of drug-likeness (QED) is 0.594. The zero-order chi connectivity index (χ0) is 21.7. The van der Waals surface area contributed by atoms with E-state index in [9.17, 15) is 9.59 Å². The number of hydrogen-bond donors (Lipinski definition) is 1. The van der Waals surface area contributed by atoms with Gasteiger partial charge in [0.2, 0.25) is 0 Å². The van der Waals surface area contributed by atoms with Crippen molar-refractivity contribution in [1.29, 1.82) is 0 Å². The van der Waals surface area contributed by atoms with Crippen molar-refractivity contribution in [3.05, 3.63) is 77.1 Å². The van der Waals surface area contributed by atoms with E-state index in [1.165, 1.54) is 5.56 Å². The summed E-state index contributed by atoms with van der Waals surface area (Å²) in [4.78, 5) is 24.4. The van der Waals surface area contributed by atoms with E-state index in [1.807, 2.05) is 73.1 Å². The van der Waals surface area contributed by atoms with Crippen molar-refractivity contribution in [3.63, 3.8) is 0 Å². The van der Waals surface area contributed by atoms with E-state index < -0.39 is 5.97 Å². The summed E-state index contributed by atoms with van der Waals surface area (Å²) in [5.74, 6) is -0.401. The number of hydrogen-bond acceptors (Lipinski definition) is 4. The molecule has 3 rings (SSSR count). The summed E-state index contributed by atoms with van der Waals surface area (Å²) in [5, 5.41) is 7.28. The average Bonchev–Trinajstić information content (AvgIpc) is 3.01. The van der Waals surface area contributed by atoms with Crippen molar-refractivity contribution < 1.29 is 14.3 Å². The molecule has 6 nitrogen and oxygen atoms in total. The van der Waals surface area contributed by atoms with Crippen LogP contribution in [0.4, 0.5) is 5.69 Å². The minimum atomic E-state index is -0.459. The first kappa shape index (κ1) is 21.3. The second-order valence-corrected chi connectivity index (χ2v) is 7.56. The Morgan fingerprint density at radius 1 is 1.03 bits per heavy atom. The monoisotopic (exact) mass is 405 g/mol. The highest BCUT2D eigenvalue weighted by atomic mass is 16.5. The first-order valence-corrected chi connectivity index (χ1v) is 10.0. The number of para-hydroxylation sites is 1. The van der Waals surface area contributed by atoms with Crippen LogP contribution in [0.2, 0.25) is 0 Å². The summed E-state index contributed by atoms with van der Waals surface area (Å²) in [6.45, 7) is 7.68. The number of benzene rings is 2. The van der Waals surface area contributed by atoms with E-state index in [1.54, 1.807) is 0 Å². The van der Waals surface area contributed by atoms with Crippen molar-refractivity contribution >= 4 is 17.6 Å². The van der Waals surface area contributed by atoms with Crippen molar-refractivity contribution in [2.75, 3.05) is 11.9 Å². The van der Waals surface area contributed by atoms with Gasteiger partial charge in [0.1, 0.15) is 0 Å². The molecule has 0 saturated carbocycles. The van der Waals surface area contributed by atoms with Gasteiger partial charge in [-0.25, -0.2) is 4.68 Å². The van der Waals surface area contributed by atoms with Crippen molar-refractivity contribution in [3.8, 4) is 5.69 Å². The Balaban J connectivity index is 1.56. The first-order valence-electron chi connectivity index (χ1n) is 10.0. The maximum atomic E-state index is 12.3. The van der Waals surface area contributed by atoms with Crippen LogP contribution in [0.25, 0.3) is 5.69 Å². The Bertz CT molecular complexity index is 1020. The molecule has 1 N–H and O–H groups in total. The highest BCUT2D eigenvalue weighted by molar-refractivity contribution is 5.92. The fourth-order valence-electron chi connectivity index (χ4n) is 3.24. The minimum absolute atomic E-state index is 0.0703. The van der Waals surface area contributed by atoms with Gasteiger partial charge in [-0.15, -0.1) is 0 Å². The predicted molar refractivity (Wildman–Crippen MR) is 117 cm³/mol. The number of rotatable bonds is 7. The van der Waals surface area contributed by atoms with E-state index in [0.717, 1.165) is 22.6 Å². The van der Waals surface area contributed by atoms with Crippen molar-refractivity contribution in [2.24, 2.45) is 0 Å². The van der Waals surface area contributed by atoms with Gasteiger partial charge in [0, 0.05) is 16.9 Å². The summed E-state index contributed by atoms with van der Waals surface area (Å²) in [6.07, 6.45) is 0.0703. The number of nitrogens with one attached hydrogen (secondary N) is 1. The molecule has 0 bridgehead atoms. The molecule has 0 radical (unpaired) electrons. The van der Waals surface area contributed by atoms with Gasteiger partial charge in [-0.2, -0.15) is 5.10 Å². The van der Waals surface area contributed by atoms with E-state index in [2.05, 4.69) is 24.3 Å². The molecule has 0 atom stereocenters. The molecular formula is C24H27N3O3.